The number of nitrogens with one attached hydrogen (secondary N) is 2. The van der Waals surface area contributed by atoms with Gasteiger partial charge in [-0.2, -0.15) is 18.3 Å². The van der Waals surface area contributed by atoms with Crippen LogP contribution >= 0.6 is 27.3 Å². The van der Waals surface area contributed by atoms with E-state index in [2.05, 4.69) is 36.8 Å². The quantitative estimate of drug-likeness (QED) is 0.0999. The molecule has 7 nitrogen and oxygen atoms in total. The average molecular weight is 651 g/mol. The smallest absolute Gasteiger partial charge is 0.416 e. The molecule has 4 aromatic rings. The highest BCUT2D eigenvalue weighted by molar-refractivity contribution is 9.10. The highest BCUT2D eigenvalue weighted by atomic mass is 79.9. The maximum atomic E-state index is 13.5. The fourth-order valence-electron chi connectivity index (χ4n) is 3.54. The minimum absolute atomic E-state index is 0.0870. The number of hydrazone groups is 1. The first-order valence-electron chi connectivity index (χ1n) is 12.1. The molecule has 214 valence electrons. The zero-order chi connectivity index (χ0) is 29.4. The van der Waals surface area contributed by atoms with Crippen molar-refractivity contribution >= 4 is 50.2 Å². The molecule has 1 amide bonds. The summed E-state index contributed by atoms with van der Waals surface area (Å²) < 4.78 is 64.4. The molecule has 0 spiro atoms. The number of carbonyl (C=O) groups is 1. The van der Waals surface area contributed by atoms with Gasteiger partial charge >= 0.3 is 6.18 Å². The Morgan fingerprint density at radius 3 is 2.63 bits per heavy atom. The Balaban J connectivity index is 1.34. The Morgan fingerprint density at radius 2 is 1.88 bits per heavy atom. The molecule has 0 bridgehead atoms. The van der Waals surface area contributed by atoms with Gasteiger partial charge in [-0.3, -0.25) is 4.79 Å². The molecule has 0 radical (unpaired) electrons. The van der Waals surface area contributed by atoms with Gasteiger partial charge in [-0.05, 0) is 70.9 Å². The van der Waals surface area contributed by atoms with Crippen molar-refractivity contribution in [2.75, 3.05) is 11.9 Å². The largest absolute Gasteiger partial charge is 0.490 e. The first-order valence-corrected chi connectivity index (χ1v) is 13.8. The highest BCUT2D eigenvalue weighted by Crippen LogP contribution is 2.34. The Kier molecular flexibility index (Phi) is 9.95. The minimum Gasteiger partial charge on any atom is -0.490 e. The number of benzene rings is 3. The number of aromatic nitrogens is 1. The molecule has 41 heavy (non-hydrogen) atoms. The molecular formula is C28H23BrF4N4O3S. The van der Waals surface area contributed by atoms with Gasteiger partial charge in [0.15, 0.2) is 16.6 Å². The molecular weight excluding hydrogens is 628 g/mol. The first-order chi connectivity index (χ1) is 19.6. The number of hydrogen-bond donors (Lipinski definition) is 2. The minimum atomic E-state index is -4.45. The summed E-state index contributed by atoms with van der Waals surface area (Å²) in [6.07, 6.45) is -3.11. The van der Waals surface area contributed by atoms with Crippen LogP contribution in [-0.2, 0) is 24.0 Å². The van der Waals surface area contributed by atoms with Gasteiger partial charge in [-0.15, -0.1) is 11.3 Å². The van der Waals surface area contributed by atoms with E-state index in [9.17, 15) is 22.4 Å². The Hall–Kier alpha value is -3.97. The van der Waals surface area contributed by atoms with Crippen molar-refractivity contribution in [2.45, 2.75) is 26.1 Å². The number of amides is 1. The zero-order valence-electron chi connectivity index (χ0n) is 21.5. The number of thiazole rings is 1. The van der Waals surface area contributed by atoms with Crippen LogP contribution < -0.4 is 20.2 Å². The van der Waals surface area contributed by atoms with Gasteiger partial charge in [0.25, 0.3) is 0 Å². The molecule has 1 aromatic heterocycles. The summed E-state index contributed by atoms with van der Waals surface area (Å²) in [4.78, 5) is 16.6. The van der Waals surface area contributed by atoms with Crippen LogP contribution in [0.2, 0.25) is 0 Å². The molecule has 1 heterocycles. The molecule has 2 N–H and O–H groups in total. The van der Waals surface area contributed by atoms with E-state index in [0.29, 0.717) is 44.5 Å². The van der Waals surface area contributed by atoms with Crippen molar-refractivity contribution in [3.8, 4) is 11.5 Å². The Bertz CT molecular complexity index is 1550. The summed E-state index contributed by atoms with van der Waals surface area (Å²) in [6.45, 7) is 2.34. The standard InChI is InChI=1S/C28H23BrF4N4O3S/c1-2-39-24-10-18(23(29)13-25(24)40-15-17-5-3-7-20(30)9-17)14-34-37-26(38)12-22-16-41-27(36-22)35-21-8-4-6-19(11-21)28(31,32)33/h3-11,13-14,16H,2,12,15H2,1H3,(H,35,36)(H,37,38)/b34-14-. The summed E-state index contributed by atoms with van der Waals surface area (Å²) in [7, 11) is 0. The van der Waals surface area contributed by atoms with Crippen LogP contribution in [0.4, 0.5) is 28.4 Å². The van der Waals surface area contributed by atoms with Crippen LogP contribution in [0.1, 0.15) is 29.3 Å². The molecule has 0 aliphatic rings. The number of alkyl halides is 3. The summed E-state index contributed by atoms with van der Waals surface area (Å²) in [5.41, 5.74) is 3.58. The number of rotatable bonds is 11. The molecule has 0 saturated carbocycles. The third kappa shape index (κ3) is 8.76. The molecule has 13 heteroatoms. The van der Waals surface area contributed by atoms with Crippen molar-refractivity contribution < 1.29 is 31.8 Å². The van der Waals surface area contributed by atoms with Crippen molar-refractivity contribution in [1.82, 2.24) is 10.4 Å². The van der Waals surface area contributed by atoms with E-state index in [0.717, 1.165) is 23.5 Å². The van der Waals surface area contributed by atoms with E-state index in [4.69, 9.17) is 9.47 Å². The lowest BCUT2D eigenvalue weighted by atomic mass is 10.2. The molecule has 0 aliphatic heterocycles. The van der Waals surface area contributed by atoms with Crippen LogP contribution in [0.15, 0.2) is 75.6 Å². The molecule has 0 aliphatic carbocycles. The number of hydrogen-bond acceptors (Lipinski definition) is 7. The third-order valence-electron chi connectivity index (χ3n) is 5.37. The third-order valence-corrected chi connectivity index (χ3v) is 6.87. The predicted molar refractivity (Wildman–Crippen MR) is 152 cm³/mol. The van der Waals surface area contributed by atoms with Gasteiger partial charge in [0.05, 0.1) is 30.5 Å². The van der Waals surface area contributed by atoms with Crippen LogP contribution in [-0.4, -0.2) is 23.7 Å². The number of carbonyl (C=O) groups excluding carboxylic acids is 1. The summed E-state index contributed by atoms with van der Waals surface area (Å²) in [5, 5.41) is 8.81. The summed E-state index contributed by atoms with van der Waals surface area (Å²) in [6, 6.07) is 14.3. The van der Waals surface area contributed by atoms with Crippen molar-refractivity contribution in [1.29, 1.82) is 0 Å². The number of nitrogens with zero attached hydrogens (tertiary/aromatic N) is 2. The average Bonchev–Trinajstić information content (AvgIpc) is 3.35. The second-order valence-corrected chi connectivity index (χ2v) is 10.2. The second-order valence-electron chi connectivity index (χ2n) is 8.49. The Labute approximate surface area is 245 Å². The topological polar surface area (TPSA) is 84.8 Å². The van der Waals surface area contributed by atoms with Crippen molar-refractivity contribution in [3.63, 3.8) is 0 Å². The van der Waals surface area contributed by atoms with Crippen LogP contribution in [0.25, 0.3) is 0 Å². The van der Waals surface area contributed by atoms with Gasteiger partial charge in [-0.25, -0.2) is 14.8 Å². The number of halogens is 5. The maximum absolute atomic E-state index is 13.5. The van der Waals surface area contributed by atoms with Gasteiger partial charge < -0.3 is 14.8 Å². The van der Waals surface area contributed by atoms with Crippen molar-refractivity contribution in [2.24, 2.45) is 5.10 Å². The normalized spacial score (nSPS) is 11.5. The predicted octanol–water partition coefficient (Wildman–Crippen LogP) is 7.48. The number of ether oxygens (including phenoxy) is 2. The fourth-order valence-corrected chi connectivity index (χ4v) is 4.69. The van der Waals surface area contributed by atoms with E-state index >= 15 is 0 Å². The van der Waals surface area contributed by atoms with Gasteiger partial charge in [0, 0.05) is 21.1 Å². The molecule has 0 atom stereocenters. The highest BCUT2D eigenvalue weighted by Gasteiger charge is 2.30. The second kappa shape index (κ2) is 13.6. The molecule has 0 fully saturated rings. The fraction of sp³-hybridized carbons (Fsp3) is 0.179. The van der Waals surface area contributed by atoms with E-state index in [1.165, 1.54) is 30.5 Å². The van der Waals surface area contributed by atoms with E-state index in [1.807, 2.05) is 6.92 Å². The first kappa shape index (κ1) is 30.0. The monoisotopic (exact) mass is 650 g/mol. The van der Waals surface area contributed by atoms with Crippen LogP contribution in [0.5, 0.6) is 11.5 Å². The van der Waals surface area contributed by atoms with E-state index in [-0.39, 0.29) is 24.5 Å². The number of anilines is 2. The Morgan fingerprint density at radius 1 is 1.10 bits per heavy atom. The zero-order valence-corrected chi connectivity index (χ0v) is 23.9. The molecule has 4 rings (SSSR count). The van der Waals surface area contributed by atoms with Gasteiger partial charge in [-0.1, -0.05) is 18.2 Å². The van der Waals surface area contributed by atoms with Crippen molar-refractivity contribution in [3.05, 3.63) is 98.7 Å². The summed E-state index contributed by atoms with van der Waals surface area (Å²) >= 11 is 4.62. The summed E-state index contributed by atoms with van der Waals surface area (Å²) in [5.74, 6) is 0.103. The lowest BCUT2D eigenvalue weighted by Crippen LogP contribution is -2.20. The molecule has 3 aromatic carbocycles. The van der Waals surface area contributed by atoms with E-state index < -0.39 is 17.6 Å². The lowest BCUT2D eigenvalue weighted by Gasteiger charge is -2.14. The van der Waals surface area contributed by atoms with Crippen LogP contribution in [0.3, 0.4) is 0 Å². The maximum Gasteiger partial charge on any atom is 0.416 e. The molecule has 0 unspecified atom stereocenters. The molecule has 0 saturated heterocycles. The van der Waals surface area contributed by atoms with Gasteiger partial charge in [0.2, 0.25) is 5.91 Å². The van der Waals surface area contributed by atoms with Crippen LogP contribution in [0, 0.1) is 5.82 Å². The van der Waals surface area contributed by atoms with Gasteiger partial charge in [0.1, 0.15) is 12.4 Å². The SMILES string of the molecule is CCOc1cc(/C=N\NC(=O)Cc2csc(Nc3cccc(C(F)(F)F)c3)n2)c(Br)cc1OCc1cccc(F)c1. The van der Waals surface area contributed by atoms with E-state index in [1.54, 1.807) is 29.6 Å². The lowest BCUT2D eigenvalue weighted by molar-refractivity contribution is -0.137.